The van der Waals surface area contributed by atoms with Crippen molar-refractivity contribution in [2.24, 2.45) is 0 Å². The van der Waals surface area contributed by atoms with Gasteiger partial charge in [0, 0.05) is 40.4 Å². The zero-order valence-electron chi connectivity index (χ0n) is 28.8. The number of hydrogen-bond acceptors (Lipinski definition) is 3. The molecule has 0 fully saturated rings. The number of pyridine rings is 1. The zero-order chi connectivity index (χ0) is 33.2. The van der Waals surface area contributed by atoms with E-state index in [1.807, 2.05) is 23.0 Å². The van der Waals surface area contributed by atoms with Gasteiger partial charge in [0.05, 0.1) is 22.4 Å². The lowest BCUT2D eigenvalue weighted by Crippen LogP contribution is -2.01. The van der Waals surface area contributed by atoms with Crippen LogP contribution >= 0.6 is 0 Å². The SMILES string of the molecule is CCCCCCc1ccc2c(c1)c1ccc(Oc3cc(CC)cc(-n4nc(C)c(-c5ccccc5)c4C)c3)cc1n2-c1cc(C)ccn1. The molecule has 0 saturated carbocycles. The second kappa shape index (κ2) is 13.5. The quantitative estimate of drug-likeness (QED) is 0.133. The second-order valence-corrected chi connectivity index (χ2v) is 13.0. The van der Waals surface area contributed by atoms with E-state index in [0.717, 1.165) is 58.3 Å². The Morgan fingerprint density at radius 3 is 2.33 bits per heavy atom. The second-order valence-electron chi connectivity index (χ2n) is 13.0. The van der Waals surface area contributed by atoms with Gasteiger partial charge in [0.25, 0.3) is 0 Å². The first-order chi connectivity index (χ1) is 23.4. The van der Waals surface area contributed by atoms with Gasteiger partial charge in [-0.05, 0) is 111 Å². The van der Waals surface area contributed by atoms with Crippen molar-refractivity contribution >= 4 is 21.8 Å². The van der Waals surface area contributed by atoms with Crippen molar-refractivity contribution in [1.82, 2.24) is 19.3 Å². The Morgan fingerprint density at radius 1 is 0.688 bits per heavy atom. The molecule has 7 aromatic rings. The minimum atomic E-state index is 0.788. The summed E-state index contributed by atoms with van der Waals surface area (Å²) < 4.78 is 11.0. The van der Waals surface area contributed by atoms with Crippen LogP contribution in [0.2, 0.25) is 0 Å². The molecule has 5 heteroatoms. The van der Waals surface area contributed by atoms with Crippen LogP contribution in [-0.4, -0.2) is 19.3 Å². The van der Waals surface area contributed by atoms with Gasteiger partial charge in [0.1, 0.15) is 17.3 Å². The lowest BCUT2D eigenvalue weighted by atomic mass is 10.0. The Labute approximate surface area is 283 Å². The fourth-order valence-corrected chi connectivity index (χ4v) is 6.99. The Bertz CT molecular complexity index is 2220. The number of hydrogen-bond donors (Lipinski definition) is 0. The highest BCUT2D eigenvalue weighted by molar-refractivity contribution is 6.09. The van der Waals surface area contributed by atoms with Crippen molar-refractivity contribution in [1.29, 1.82) is 0 Å². The Balaban J connectivity index is 1.29. The molecule has 48 heavy (non-hydrogen) atoms. The predicted octanol–water partition coefficient (Wildman–Crippen LogP) is 11.4. The average molecular weight is 633 g/mol. The van der Waals surface area contributed by atoms with E-state index in [9.17, 15) is 0 Å². The van der Waals surface area contributed by atoms with E-state index in [0.29, 0.717) is 0 Å². The van der Waals surface area contributed by atoms with E-state index in [-0.39, 0.29) is 0 Å². The molecule has 3 aromatic heterocycles. The average Bonchev–Trinajstić information content (AvgIpc) is 3.58. The normalized spacial score (nSPS) is 11.5. The van der Waals surface area contributed by atoms with Crippen LogP contribution in [-0.2, 0) is 12.8 Å². The van der Waals surface area contributed by atoms with Crippen LogP contribution < -0.4 is 4.74 Å². The third-order valence-corrected chi connectivity index (χ3v) is 9.44. The molecule has 0 atom stereocenters. The molecule has 0 radical (unpaired) electrons. The molecule has 5 nitrogen and oxygen atoms in total. The summed E-state index contributed by atoms with van der Waals surface area (Å²) in [5.74, 6) is 2.50. The Hall–Kier alpha value is -5.16. The minimum Gasteiger partial charge on any atom is -0.457 e. The molecule has 0 N–H and O–H groups in total. The molecule has 4 aromatic carbocycles. The van der Waals surface area contributed by atoms with Gasteiger partial charge in [-0.1, -0.05) is 69.5 Å². The summed E-state index contributed by atoms with van der Waals surface area (Å²) in [5, 5.41) is 7.44. The highest BCUT2D eigenvalue weighted by atomic mass is 16.5. The summed E-state index contributed by atoms with van der Waals surface area (Å²) in [6.45, 7) is 10.8. The number of unbranched alkanes of at least 4 members (excludes halogenated alkanes) is 3. The molecule has 0 saturated heterocycles. The monoisotopic (exact) mass is 632 g/mol. The number of fused-ring (bicyclic) bond motifs is 3. The molecule has 7 rings (SSSR count). The van der Waals surface area contributed by atoms with Crippen molar-refractivity contribution in [2.75, 3.05) is 0 Å². The minimum absolute atomic E-state index is 0.788. The molecule has 242 valence electrons. The summed E-state index contributed by atoms with van der Waals surface area (Å²) >= 11 is 0. The van der Waals surface area contributed by atoms with Crippen LogP contribution in [0.15, 0.2) is 103 Å². The maximum atomic E-state index is 6.69. The highest BCUT2D eigenvalue weighted by Gasteiger charge is 2.18. The van der Waals surface area contributed by atoms with Gasteiger partial charge in [0.15, 0.2) is 0 Å². The van der Waals surface area contributed by atoms with Crippen molar-refractivity contribution < 1.29 is 4.74 Å². The van der Waals surface area contributed by atoms with E-state index in [4.69, 9.17) is 14.8 Å². The number of benzene rings is 4. The van der Waals surface area contributed by atoms with Crippen molar-refractivity contribution in [3.63, 3.8) is 0 Å². The van der Waals surface area contributed by atoms with Gasteiger partial charge in [-0.25, -0.2) is 9.67 Å². The largest absolute Gasteiger partial charge is 0.457 e. The number of aromatic nitrogens is 4. The van der Waals surface area contributed by atoms with Gasteiger partial charge in [-0.2, -0.15) is 5.10 Å². The van der Waals surface area contributed by atoms with E-state index in [1.54, 1.807) is 0 Å². The predicted molar refractivity (Wildman–Crippen MR) is 199 cm³/mol. The lowest BCUT2D eigenvalue weighted by molar-refractivity contribution is 0.482. The molecule has 0 unspecified atom stereocenters. The summed E-state index contributed by atoms with van der Waals surface area (Å²) in [6.07, 6.45) is 8.93. The molecule has 3 heterocycles. The summed E-state index contributed by atoms with van der Waals surface area (Å²) in [5.41, 5.74) is 11.5. The number of aryl methyl sites for hydroxylation is 4. The smallest absolute Gasteiger partial charge is 0.137 e. The molecule has 0 aliphatic rings. The van der Waals surface area contributed by atoms with Gasteiger partial charge in [0.2, 0.25) is 0 Å². The standard InChI is InChI=1S/C43H44N4O/c1-6-8-9-11-14-33-17-20-40-39(26-33)38-19-18-36(28-41(38)46(40)42-23-29(3)21-22-44-42)48-37-25-32(7-2)24-35(27-37)47-31(5)43(30(4)45-47)34-15-12-10-13-16-34/h10,12-13,15-28H,6-9,11,14H2,1-5H3. The van der Waals surface area contributed by atoms with Gasteiger partial charge < -0.3 is 4.74 Å². The van der Waals surface area contributed by atoms with Gasteiger partial charge in [-0.3, -0.25) is 4.57 Å². The van der Waals surface area contributed by atoms with Gasteiger partial charge in [-0.15, -0.1) is 0 Å². The molecular weight excluding hydrogens is 589 g/mol. The lowest BCUT2D eigenvalue weighted by Gasteiger charge is -2.13. The first kappa shape index (κ1) is 31.4. The molecule has 0 aliphatic carbocycles. The van der Waals surface area contributed by atoms with Crippen LogP contribution in [0, 0.1) is 20.8 Å². The van der Waals surface area contributed by atoms with E-state index >= 15 is 0 Å². The number of rotatable bonds is 11. The molecular formula is C43H44N4O. The fraction of sp³-hybridized carbons (Fsp3) is 0.256. The Morgan fingerprint density at radius 2 is 1.54 bits per heavy atom. The summed E-state index contributed by atoms with van der Waals surface area (Å²) in [7, 11) is 0. The maximum Gasteiger partial charge on any atom is 0.137 e. The van der Waals surface area contributed by atoms with Crippen LogP contribution in [0.5, 0.6) is 11.5 Å². The molecule has 0 bridgehead atoms. The van der Waals surface area contributed by atoms with E-state index < -0.39 is 0 Å². The summed E-state index contributed by atoms with van der Waals surface area (Å²) in [4.78, 5) is 4.81. The first-order valence-corrected chi connectivity index (χ1v) is 17.4. The maximum absolute atomic E-state index is 6.69. The van der Waals surface area contributed by atoms with Gasteiger partial charge >= 0.3 is 0 Å². The topological polar surface area (TPSA) is 44.9 Å². The Kier molecular flexibility index (Phi) is 8.86. The number of nitrogens with zero attached hydrogens (tertiary/aromatic N) is 4. The van der Waals surface area contributed by atoms with Crippen LogP contribution in [0.1, 0.15) is 67.6 Å². The fourth-order valence-electron chi connectivity index (χ4n) is 6.99. The van der Waals surface area contributed by atoms with Crippen molar-refractivity contribution in [3.05, 3.63) is 131 Å². The number of ether oxygens (including phenoxy) is 1. The van der Waals surface area contributed by atoms with E-state index in [2.05, 4.69) is 124 Å². The van der Waals surface area contributed by atoms with Crippen LogP contribution in [0.4, 0.5) is 0 Å². The molecule has 0 spiro atoms. The van der Waals surface area contributed by atoms with Crippen molar-refractivity contribution in [3.8, 4) is 34.1 Å². The molecule has 0 aliphatic heterocycles. The van der Waals surface area contributed by atoms with Crippen LogP contribution in [0.25, 0.3) is 44.4 Å². The van der Waals surface area contributed by atoms with E-state index in [1.165, 1.54) is 64.3 Å². The third-order valence-electron chi connectivity index (χ3n) is 9.44. The molecule has 0 amide bonds. The van der Waals surface area contributed by atoms with Crippen molar-refractivity contribution in [2.45, 2.75) is 73.1 Å². The summed E-state index contributed by atoms with van der Waals surface area (Å²) in [6, 6.07) is 34.5. The zero-order valence-corrected chi connectivity index (χ0v) is 28.8. The third kappa shape index (κ3) is 6.13. The van der Waals surface area contributed by atoms with Crippen LogP contribution in [0.3, 0.4) is 0 Å². The highest BCUT2D eigenvalue weighted by Crippen LogP contribution is 2.37. The first-order valence-electron chi connectivity index (χ1n) is 17.4.